The van der Waals surface area contributed by atoms with E-state index in [-0.39, 0.29) is 18.0 Å². The van der Waals surface area contributed by atoms with Crippen LogP contribution in [0.15, 0.2) is 115 Å². The minimum atomic E-state index is -0.361. The zero-order chi connectivity index (χ0) is 31.0. The molecule has 0 radical (unpaired) electrons. The minimum Gasteiger partial charge on any atom is -0.490 e. The molecule has 226 valence electrons. The van der Waals surface area contributed by atoms with Crippen molar-refractivity contribution >= 4 is 17.4 Å². The molecule has 1 fully saturated rings. The third-order valence-corrected chi connectivity index (χ3v) is 6.86. The molecule has 6 heteroatoms. The van der Waals surface area contributed by atoms with Crippen molar-refractivity contribution in [3.05, 3.63) is 132 Å². The highest BCUT2D eigenvalue weighted by molar-refractivity contribution is 5.94. The number of likely N-dealkylation sites (tertiary alicyclic amines) is 1. The molecule has 1 amide bonds. The van der Waals surface area contributed by atoms with Gasteiger partial charge in [0.2, 0.25) is 0 Å². The molecular formula is C37H43NO5. The number of hydrogen-bond donors (Lipinski definition) is 0. The van der Waals surface area contributed by atoms with Crippen molar-refractivity contribution in [3.8, 4) is 5.75 Å². The molecule has 2 aromatic carbocycles. The number of benzene rings is 2. The highest BCUT2D eigenvalue weighted by Gasteiger charge is 2.24. The van der Waals surface area contributed by atoms with Crippen LogP contribution >= 0.6 is 0 Å². The second kappa shape index (κ2) is 17.4. The van der Waals surface area contributed by atoms with Gasteiger partial charge in [0.05, 0.1) is 6.61 Å². The van der Waals surface area contributed by atoms with E-state index in [1.54, 1.807) is 19.1 Å². The number of carbonyl (C=O) groups is 2. The average molecular weight is 582 g/mol. The number of aryl methyl sites for hydroxylation is 1. The number of allylic oxidation sites excluding steroid dienone is 8. The fraction of sp³-hybridized carbons (Fsp3) is 0.297. The molecule has 0 unspecified atom stereocenters. The summed E-state index contributed by atoms with van der Waals surface area (Å²) in [5.74, 6) is 1.17. The predicted molar refractivity (Wildman–Crippen MR) is 174 cm³/mol. The SMILES string of the molecule is C=C/C(=C\C=C(/C)COc1ccc(C(/C=C\C)=C/C=C/C(=O)OCC)cc1)OC1CCN(C(=O)c2ccc(C)cc2)CC1. The Hall–Kier alpha value is -4.58. The first-order valence-electron chi connectivity index (χ1n) is 14.8. The van der Waals surface area contributed by atoms with Crippen LogP contribution in [-0.4, -0.2) is 49.2 Å². The Labute approximate surface area is 256 Å². The number of nitrogens with zero attached hydrogens (tertiary/aromatic N) is 1. The van der Waals surface area contributed by atoms with Crippen molar-refractivity contribution in [2.24, 2.45) is 0 Å². The molecule has 0 atom stereocenters. The zero-order valence-electron chi connectivity index (χ0n) is 25.8. The van der Waals surface area contributed by atoms with Crippen LogP contribution in [-0.2, 0) is 14.3 Å². The summed E-state index contributed by atoms with van der Waals surface area (Å²) in [5.41, 5.74) is 4.88. The van der Waals surface area contributed by atoms with E-state index in [4.69, 9.17) is 14.2 Å². The lowest BCUT2D eigenvalue weighted by Gasteiger charge is -2.32. The second-order valence-corrected chi connectivity index (χ2v) is 10.3. The minimum absolute atomic E-state index is 0.0388. The van der Waals surface area contributed by atoms with Crippen LogP contribution in [0.1, 0.15) is 55.1 Å². The molecule has 6 nitrogen and oxygen atoms in total. The maximum Gasteiger partial charge on any atom is 0.330 e. The first-order valence-corrected chi connectivity index (χ1v) is 14.8. The van der Waals surface area contributed by atoms with Gasteiger partial charge in [-0.15, -0.1) is 0 Å². The van der Waals surface area contributed by atoms with Crippen molar-refractivity contribution in [1.29, 1.82) is 0 Å². The van der Waals surface area contributed by atoms with Crippen LogP contribution in [0.3, 0.4) is 0 Å². The Morgan fingerprint density at radius 1 is 0.953 bits per heavy atom. The second-order valence-electron chi connectivity index (χ2n) is 10.3. The van der Waals surface area contributed by atoms with Gasteiger partial charge in [-0.2, -0.15) is 0 Å². The number of carbonyl (C=O) groups excluding carboxylic acids is 2. The summed E-state index contributed by atoms with van der Waals surface area (Å²) in [7, 11) is 0. The lowest BCUT2D eigenvalue weighted by Crippen LogP contribution is -2.40. The maximum absolute atomic E-state index is 12.8. The Balaban J connectivity index is 1.50. The van der Waals surface area contributed by atoms with E-state index >= 15 is 0 Å². The van der Waals surface area contributed by atoms with Crippen molar-refractivity contribution in [3.63, 3.8) is 0 Å². The van der Waals surface area contributed by atoms with Gasteiger partial charge in [0.25, 0.3) is 5.91 Å². The Kier molecular flexibility index (Phi) is 13.3. The molecular weight excluding hydrogens is 538 g/mol. The molecule has 0 aromatic heterocycles. The van der Waals surface area contributed by atoms with Gasteiger partial charge in [-0.1, -0.05) is 66.8 Å². The summed E-state index contributed by atoms with van der Waals surface area (Å²) in [6.07, 6.45) is 16.1. The van der Waals surface area contributed by atoms with E-state index < -0.39 is 0 Å². The van der Waals surface area contributed by atoms with Gasteiger partial charge in [0, 0.05) is 37.6 Å². The number of piperidine rings is 1. The quantitative estimate of drug-likeness (QED) is 0.105. The third-order valence-electron chi connectivity index (χ3n) is 6.86. The molecule has 2 aromatic rings. The molecule has 1 saturated heterocycles. The molecule has 0 bridgehead atoms. The van der Waals surface area contributed by atoms with Crippen LogP contribution in [0.5, 0.6) is 5.75 Å². The Bertz CT molecular complexity index is 1370. The molecule has 0 saturated carbocycles. The van der Waals surface area contributed by atoms with E-state index in [9.17, 15) is 9.59 Å². The summed E-state index contributed by atoms with van der Waals surface area (Å²) in [5, 5.41) is 0. The van der Waals surface area contributed by atoms with Crippen molar-refractivity contribution in [2.45, 2.75) is 46.6 Å². The molecule has 3 rings (SSSR count). The van der Waals surface area contributed by atoms with Gasteiger partial charge in [0.15, 0.2) is 0 Å². The summed E-state index contributed by atoms with van der Waals surface area (Å²) >= 11 is 0. The average Bonchev–Trinajstić information content (AvgIpc) is 3.02. The van der Waals surface area contributed by atoms with Gasteiger partial charge in [-0.3, -0.25) is 4.79 Å². The fourth-order valence-electron chi connectivity index (χ4n) is 4.46. The van der Waals surface area contributed by atoms with E-state index in [0.29, 0.717) is 32.1 Å². The largest absolute Gasteiger partial charge is 0.490 e. The van der Waals surface area contributed by atoms with Crippen LogP contribution in [0.25, 0.3) is 5.57 Å². The summed E-state index contributed by atoms with van der Waals surface area (Å²) in [6, 6.07) is 15.6. The van der Waals surface area contributed by atoms with Crippen molar-refractivity contribution < 1.29 is 23.8 Å². The number of ether oxygens (including phenoxy) is 3. The van der Waals surface area contributed by atoms with Gasteiger partial charge in [0.1, 0.15) is 24.2 Å². The fourth-order valence-corrected chi connectivity index (χ4v) is 4.46. The lowest BCUT2D eigenvalue weighted by molar-refractivity contribution is -0.137. The van der Waals surface area contributed by atoms with Gasteiger partial charge in [-0.05, 0) is 80.8 Å². The van der Waals surface area contributed by atoms with Gasteiger partial charge in [-0.25, -0.2) is 4.79 Å². The van der Waals surface area contributed by atoms with Gasteiger partial charge >= 0.3 is 5.97 Å². The number of rotatable bonds is 13. The normalized spacial score (nSPS) is 15.2. The van der Waals surface area contributed by atoms with Crippen molar-refractivity contribution in [1.82, 2.24) is 4.90 Å². The molecule has 1 aliphatic rings. The van der Waals surface area contributed by atoms with Crippen LogP contribution in [0, 0.1) is 6.92 Å². The zero-order valence-corrected chi connectivity index (χ0v) is 25.8. The summed E-state index contributed by atoms with van der Waals surface area (Å²) in [4.78, 5) is 26.3. The highest BCUT2D eigenvalue weighted by Crippen LogP contribution is 2.22. The molecule has 0 aliphatic carbocycles. The monoisotopic (exact) mass is 581 g/mol. The molecule has 0 spiro atoms. The lowest BCUT2D eigenvalue weighted by atomic mass is 10.0. The van der Waals surface area contributed by atoms with Crippen LogP contribution in [0.2, 0.25) is 0 Å². The summed E-state index contributed by atoms with van der Waals surface area (Å²) in [6.45, 7) is 13.8. The Morgan fingerprint density at radius 2 is 1.63 bits per heavy atom. The van der Waals surface area contributed by atoms with E-state index in [1.165, 1.54) is 6.08 Å². The smallest absolute Gasteiger partial charge is 0.330 e. The molecule has 1 aliphatic heterocycles. The van der Waals surface area contributed by atoms with Crippen LogP contribution < -0.4 is 4.74 Å². The number of amides is 1. The Morgan fingerprint density at radius 3 is 2.26 bits per heavy atom. The highest BCUT2D eigenvalue weighted by atomic mass is 16.5. The topological polar surface area (TPSA) is 65.1 Å². The first kappa shape index (κ1) is 32.9. The van der Waals surface area contributed by atoms with Crippen molar-refractivity contribution in [2.75, 3.05) is 26.3 Å². The van der Waals surface area contributed by atoms with Crippen LogP contribution in [0.4, 0.5) is 0 Å². The number of hydrogen-bond acceptors (Lipinski definition) is 5. The van der Waals surface area contributed by atoms with E-state index in [0.717, 1.165) is 46.4 Å². The molecule has 0 N–H and O–H groups in total. The number of esters is 1. The summed E-state index contributed by atoms with van der Waals surface area (Å²) < 4.78 is 17.1. The first-order chi connectivity index (χ1) is 20.8. The predicted octanol–water partition coefficient (Wildman–Crippen LogP) is 7.79. The standard InChI is InChI=1S/C37H43NO5/c1-6-10-30(11-9-12-36(39)41-8-3)31-18-21-34(22-19-31)42-27-29(5)15-20-33(7-2)43-35-23-25-38(26-24-35)37(40)32-16-13-28(4)14-17-32/h6-7,9-22,35H,2,8,23-27H2,1,3-5H3/b10-6-,12-9+,29-15+,30-11+,33-20+. The van der Waals surface area contributed by atoms with E-state index in [1.807, 2.05) is 105 Å². The molecule has 1 heterocycles. The maximum atomic E-state index is 12.8. The third kappa shape index (κ3) is 11.0. The van der Waals surface area contributed by atoms with Gasteiger partial charge < -0.3 is 19.1 Å². The molecule has 43 heavy (non-hydrogen) atoms. The van der Waals surface area contributed by atoms with E-state index in [2.05, 4.69) is 6.58 Å².